The molecule has 0 bridgehead atoms. The van der Waals surface area contributed by atoms with Crippen molar-refractivity contribution >= 4 is 0 Å². The zero-order valence-electron chi connectivity index (χ0n) is 24.0. The molecule has 0 saturated carbocycles. The minimum absolute atomic E-state index is 0.00747. The Labute approximate surface area is 222 Å². The third-order valence-corrected chi connectivity index (χ3v) is 6.18. The van der Waals surface area contributed by atoms with Crippen molar-refractivity contribution in [3.05, 3.63) is 95.6 Å². The van der Waals surface area contributed by atoms with Crippen LogP contribution in [0.5, 0.6) is 0 Å². The minimum Gasteiger partial charge on any atom is -0.367 e. The van der Waals surface area contributed by atoms with E-state index in [9.17, 15) is 0 Å². The first-order chi connectivity index (χ1) is 17.9. The van der Waals surface area contributed by atoms with Crippen LogP contribution < -0.4 is 0 Å². The molecule has 2 aliphatic rings. The summed E-state index contributed by atoms with van der Waals surface area (Å²) >= 11 is 0. The molecule has 2 aromatic carbocycles. The summed E-state index contributed by atoms with van der Waals surface area (Å²) in [6, 6.07) is 21.1. The van der Waals surface area contributed by atoms with E-state index >= 15 is 0 Å². The van der Waals surface area contributed by atoms with Crippen LogP contribution in [-0.4, -0.2) is 55.7 Å². The molecule has 0 atom stereocenters. The fraction of sp³-hybridized carbons (Fsp3) is 0.515. The van der Waals surface area contributed by atoms with E-state index in [4.69, 9.17) is 4.74 Å². The minimum atomic E-state index is 0.00747. The van der Waals surface area contributed by atoms with Gasteiger partial charge in [0.1, 0.15) is 6.10 Å². The van der Waals surface area contributed by atoms with Gasteiger partial charge in [-0.05, 0) is 36.9 Å². The highest BCUT2D eigenvalue weighted by Gasteiger charge is 2.18. The van der Waals surface area contributed by atoms with Crippen LogP contribution >= 0.6 is 0 Å². The highest BCUT2D eigenvalue weighted by molar-refractivity contribution is 5.29. The maximum Gasteiger partial charge on any atom is 0.108 e. The Morgan fingerprint density at radius 1 is 0.694 bits per heavy atom. The van der Waals surface area contributed by atoms with Crippen LogP contribution in [0.15, 0.2) is 84.5 Å². The second-order valence-electron chi connectivity index (χ2n) is 8.32. The second kappa shape index (κ2) is 20.9. The van der Waals surface area contributed by atoms with Gasteiger partial charge in [-0.25, -0.2) is 0 Å². The normalized spacial score (nSPS) is 15.1. The molecule has 0 radical (unpaired) electrons. The third kappa shape index (κ3) is 11.7. The third-order valence-electron chi connectivity index (χ3n) is 6.18. The molecule has 0 aromatic heterocycles. The number of rotatable bonds is 10. The van der Waals surface area contributed by atoms with Crippen molar-refractivity contribution in [3.8, 4) is 0 Å². The van der Waals surface area contributed by atoms with Crippen molar-refractivity contribution in [3.63, 3.8) is 0 Å². The SMILES string of the molecule is C1=CCC(CCCN2CCN(CCOC(c3ccccc3)c3ccccc3)CC2)=C1.CC.CC.CC. The Balaban J connectivity index is 0.00000101. The van der Waals surface area contributed by atoms with E-state index in [-0.39, 0.29) is 6.10 Å². The lowest BCUT2D eigenvalue weighted by Crippen LogP contribution is -2.47. The molecular weight excluding hydrogens is 440 g/mol. The lowest BCUT2D eigenvalue weighted by molar-refractivity contribution is 0.0451. The molecule has 200 valence electrons. The highest BCUT2D eigenvalue weighted by atomic mass is 16.5. The van der Waals surface area contributed by atoms with Gasteiger partial charge in [0.15, 0.2) is 0 Å². The molecule has 0 unspecified atom stereocenters. The molecule has 3 heteroatoms. The van der Waals surface area contributed by atoms with Gasteiger partial charge in [-0.1, -0.05) is 126 Å². The summed E-state index contributed by atoms with van der Waals surface area (Å²) in [5.41, 5.74) is 4.04. The maximum atomic E-state index is 6.40. The largest absolute Gasteiger partial charge is 0.367 e. The highest BCUT2D eigenvalue weighted by Crippen LogP contribution is 2.25. The zero-order chi connectivity index (χ0) is 26.4. The summed E-state index contributed by atoms with van der Waals surface area (Å²) in [5, 5.41) is 0. The van der Waals surface area contributed by atoms with E-state index in [1.165, 1.54) is 50.0 Å². The molecule has 2 aromatic rings. The summed E-state index contributed by atoms with van der Waals surface area (Å²) in [5.74, 6) is 0. The van der Waals surface area contributed by atoms with Crippen LogP contribution in [0.2, 0.25) is 0 Å². The molecule has 1 aliphatic heterocycles. The molecular formula is C33H52N2O. The second-order valence-corrected chi connectivity index (χ2v) is 8.32. The lowest BCUT2D eigenvalue weighted by Gasteiger charge is -2.35. The predicted molar refractivity (Wildman–Crippen MR) is 159 cm³/mol. The van der Waals surface area contributed by atoms with Crippen LogP contribution in [0.3, 0.4) is 0 Å². The Morgan fingerprint density at radius 2 is 1.19 bits per heavy atom. The summed E-state index contributed by atoms with van der Waals surface area (Å²) in [6.45, 7) is 19.6. The van der Waals surface area contributed by atoms with Gasteiger partial charge in [-0.15, -0.1) is 0 Å². The van der Waals surface area contributed by atoms with Crippen molar-refractivity contribution in [1.29, 1.82) is 0 Å². The topological polar surface area (TPSA) is 15.7 Å². The number of ether oxygens (including phenoxy) is 1. The van der Waals surface area contributed by atoms with E-state index in [2.05, 4.69) is 88.7 Å². The van der Waals surface area contributed by atoms with Gasteiger partial charge in [0.25, 0.3) is 0 Å². The van der Waals surface area contributed by atoms with Crippen molar-refractivity contribution in [2.75, 3.05) is 45.9 Å². The fourth-order valence-corrected chi connectivity index (χ4v) is 4.38. The van der Waals surface area contributed by atoms with E-state index in [1.807, 2.05) is 41.5 Å². The monoisotopic (exact) mass is 492 g/mol. The summed E-state index contributed by atoms with van der Waals surface area (Å²) in [6.07, 6.45) is 10.4. The van der Waals surface area contributed by atoms with Crippen LogP contribution in [0, 0.1) is 0 Å². The van der Waals surface area contributed by atoms with E-state index in [0.717, 1.165) is 26.2 Å². The summed E-state index contributed by atoms with van der Waals surface area (Å²) in [7, 11) is 0. The summed E-state index contributed by atoms with van der Waals surface area (Å²) < 4.78 is 6.40. The average Bonchev–Trinajstić information content (AvgIpc) is 3.50. The standard InChI is InChI=1S/C27H34N2O.3C2H6/c1-3-13-25(14-4-1)27(26-15-5-2-6-16-26)30-23-22-29-20-18-28(19-21-29)17-9-12-24-10-7-8-11-24;3*1-2/h1-8,10,13-16,27H,9,11-12,17-23H2;3*1-2H3. The first-order valence-corrected chi connectivity index (χ1v) is 14.4. The van der Waals surface area contributed by atoms with E-state index < -0.39 is 0 Å². The number of hydrogen-bond donors (Lipinski definition) is 0. The number of piperazine rings is 1. The molecule has 36 heavy (non-hydrogen) atoms. The van der Waals surface area contributed by atoms with Crippen molar-refractivity contribution in [2.24, 2.45) is 0 Å². The molecule has 1 heterocycles. The molecule has 1 saturated heterocycles. The smallest absolute Gasteiger partial charge is 0.108 e. The lowest BCUT2D eigenvalue weighted by atomic mass is 10.0. The maximum absolute atomic E-state index is 6.40. The van der Waals surface area contributed by atoms with Crippen molar-refractivity contribution in [1.82, 2.24) is 9.80 Å². The van der Waals surface area contributed by atoms with Crippen LogP contribution in [0.4, 0.5) is 0 Å². The fourth-order valence-electron chi connectivity index (χ4n) is 4.38. The zero-order valence-corrected chi connectivity index (χ0v) is 24.0. The van der Waals surface area contributed by atoms with E-state index in [1.54, 1.807) is 5.57 Å². The Bertz CT molecular complexity index is 769. The Morgan fingerprint density at radius 3 is 1.67 bits per heavy atom. The number of hydrogen-bond acceptors (Lipinski definition) is 3. The van der Waals surface area contributed by atoms with Crippen LogP contribution in [-0.2, 0) is 4.74 Å². The first-order valence-electron chi connectivity index (χ1n) is 14.4. The van der Waals surface area contributed by atoms with Crippen molar-refractivity contribution in [2.45, 2.75) is 66.9 Å². The number of benzene rings is 2. The Hall–Kier alpha value is -2.20. The van der Waals surface area contributed by atoms with Crippen LogP contribution in [0.25, 0.3) is 0 Å². The molecule has 0 amide bonds. The Kier molecular flexibility index (Phi) is 18.5. The van der Waals surface area contributed by atoms with Gasteiger partial charge in [-0.2, -0.15) is 0 Å². The number of allylic oxidation sites excluding steroid dienone is 4. The molecule has 1 fully saturated rings. The number of nitrogens with zero attached hydrogens (tertiary/aromatic N) is 2. The van der Waals surface area contributed by atoms with Gasteiger partial charge in [0.2, 0.25) is 0 Å². The van der Waals surface area contributed by atoms with Gasteiger partial charge in [0.05, 0.1) is 6.61 Å². The van der Waals surface area contributed by atoms with Crippen molar-refractivity contribution < 1.29 is 4.74 Å². The predicted octanol–water partition coefficient (Wildman–Crippen LogP) is 8.16. The molecule has 1 aliphatic carbocycles. The van der Waals surface area contributed by atoms with Gasteiger partial charge < -0.3 is 9.64 Å². The quantitative estimate of drug-likeness (QED) is 0.333. The first kappa shape index (κ1) is 31.8. The molecule has 0 N–H and O–H groups in total. The van der Waals surface area contributed by atoms with Gasteiger partial charge in [-0.3, -0.25) is 4.90 Å². The van der Waals surface area contributed by atoms with E-state index in [0.29, 0.717) is 0 Å². The average molecular weight is 493 g/mol. The van der Waals surface area contributed by atoms with Crippen LogP contribution in [0.1, 0.15) is 78.0 Å². The molecule has 0 spiro atoms. The van der Waals surface area contributed by atoms with Gasteiger partial charge in [0, 0.05) is 32.7 Å². The van der Waals surface area contributed by atoms with Gasteiger partial charge >= 0.3 is 0 Å². The summed E-state index contributed by atoms with van der Waals surface area (Å²) in [4.78, 5) is 5.17. The molecule has 4 rings (SSSR count). The molecule has 3 nitrogen and oxygen atoms in total.